The van der Waals surface area contributed by atoms with Crippen molar-refractivity contribution >= 4 is 12.1 Å². The zero-order chi connectivity index (χ0) is 17.8. The number of carboxylic acid groups (broad SMARTS) is 1. The van der Waals surface area contributed by atoms with Crippen LogP contribution in [0.15, 0.2) is 12.3 Å². The Balaban J connectivity index is 4.62. The normalized spacial score (nSPS) is 12.5. The molecule has 22 heavy (non-hydrogen) atoms. The molecule has 0 radical (unpaired) electrons. The summed E-state index contributed by atoms with van der Waals surface area (Å²) in [5.41, 5.74) is -0.888. The van der Waals surface area contributed by atoms with E-state index in [0.717, 1.165) is 6.42 Å². The second-order valence-electron chi connectivity index (χ2n) is 6.49. The predicted octanol–water partition coefficient (Wildman–Crippen LogP) is 3.64. The second-order valence-corrected chi connectivity index (χ2v) is 6.49. The Kier molecular flexibility index (Phi) is 6.44. The fourth-order valence-corrected chi connectivity index (χ4v) is 1.24. The number of hydrogen-bond donors (Lipinski definition) is 1. The van der Waals surface area contributed by atoms with Crippen LogP contribution in [0.3, 0.4) is 0 Å². The van der Waals surface area contributed by atoms with Crippen molar-refractivity contribution < 1.29 is 33.9 Å². The number of carbonyl (C=O) groups excluding carboxylic acids is 1. The van der Waals surface area contributed by atoms with E-state index in [1.165, 1.54) is 13.8 Å². The molecule has 0 fully saturated rings. The second kappa shape index (κ2) is 7.00. The lowest BCUT2D eigenvalue weighted by molar-refractivity contribution is -0.351. The third-order valence-electron chi connectivity index (χ3n) is 3.76. The molecule has 7 nitrogen and oxygen atoms in total. The summed E-state index contributed by atoms with van der Waals surface area (Å²) in [6.07, 6.45) is -0.730. The van der Waals surface area contributed by atoms with E-state index in [2.05, 4.69) is 11.3 Å². The molecule has 0 saturated heterocycles. The van der Waals surface area contributed by atoms with Crippen molar-refractivity contribution in [1.29, 1.82) is 0 Å². The highest BCUT2D eigenvalue weighted by Gasteiger charge is 2.39. The number of rotatable bonds is 8. The van der Waals surface area contributed by atoms with Gasteiger partial charge in [-0.25, -0.2) is 9.59 Å². The van der Waals surface area contributed by atoms with Crippen LogP contribution in [0, 0.1) is 5.41 Å². The minimum Gasteiger partial charge on any atom is -0.450 e. The summed E-state index contributed by atoms with van der Waals surface area (Å²) < 4.78 is 9.25. The molecule has 0 bridgehead atoms. The third kappa shape index (κ3) is 5.93. The van der Waals surface area contributed by atoms with E-state index in [1.807, 2.05) is 34.6 Å². The van der Waals surface area contributed by atoms with Crippen LogP contribution in [0.4, 0.5) is 4.79 Å². The molecule has 0 aliphatic rings. The van der Waals surface area contributed by atoms with Crippen LogP contribution >= 0.6 is 0 Å². The minimum absolute atomic E-state index is 0.205. The van der Waals surface area contributed by atoms with Crippen LogP contribution in [-0.2, 0) is 24.0 Å². The first-order valence-electron chi connectivity index (χ1n) is 6.94. The van der Waals surface area contributed by atoms with E-state index in [9.17, 15) is 9.59 Å². The maximum Gasteiger partial charge on any atom is 0.509 e. The van der Waals surface area contributed by atoms with Gasteiger partial charge < -0.3 is 19.5 Å². The quantitative estimate of drug-likeness (QED) is 0.182. The Morgan fingerprint density at radius 1 is 1.05 bits per heavy atom. The first kappa shape index (κ1) is 20.2. The van der Waals surface area contributed by atoms with Crippen molar-refractivity contribution in [2.45, 2.75) is 66.3 Å². The summed E-state index contributed by atoms with van der Waals surface area (Å²) >= 11 is 0. The molecular formula is C15H26O7. The summed E-state index contributed by atoms with van der Waals surface area (Å²) in [5, 5.41) is 8.54. The van der Waals surface area contributed by atoms with Crippen molar-refractivity contribution in [3.05, 3.63) is 12.3 Å². The van der Waals surface area contributed by atoms with Crippen molar-refractivity contribution in [2.24, 2.45) is 5.41 Å². The molecule has 0 amide bonds. The van der Waals surface area contributed by atoms with Crippen molar-refractivity contribution in [1.82, 2.24) is 0 Å². The van der Waals surface area contributed by atoms with Crippen LogP contribution in [0.5, 0.6) is 0 Å². The van der Waals surface area contributed by atoms with Gasteiger partial charge in [0.05, 0.1) is 0 Å². The maximum absolute atomic E-state index is 11.8. The zero-order valence-electron chi connectivity index (χ0n) is 14.3. The van der Waals surface area contributed by atoms with E-state index in [-0.39, 0.29) is 5.41 Å². The molecule has 0 heterocycles. The molecule has 7 heteroatoms. The molecule has 128 valence electrons. The van der Waals surface area contributed by atoms with Gasteiger partial charge in [0.2, 0.25) is 5.76 Å². The molecule has 0 spiro atoms. The molecule has 0 saturated carbocycles. The summed E-state index contributed by atoms with van der Waals surface area (Å²) in [6, 6.07) is 0. The van der Waals surface area contributed by atoms with Gasteiger partial charge in [-0.3, -0.25) is 0 Å². The maximum atomic E-state index is 11.8. The highest BCUT2D eigenvalue weighted by molar-refractivity contribution is 5.85. The first-order valence-corrected chi connectivity index (χ1v) is 6.94. The predicted molar refractivity (Wildman–Crippen MR) is 78.7 cm³/mol. The molecule has 0 atom stereocenters. The molecule has 0 aliphatic carbocycles. The number of ether oxygens (including phenoxy) is 2. The number of hydrogen-bond acceptors (Lipinski definition) is 6. The molecule has 0 aromatic carbocycles. The lowest BCUT2D eigenvalue weighted by Crippen LogP contribution is -2.41. The van der Waals surface area contributed by atoms with Crippen molar-refractivity contribution in [3.8, 4) is 0 Å². The van der Waals surface area contributed by atoms with Gasteiger partial charge in [0, 0.05) is 13.8 Å². The van der Waals surface area contributed by atoms with E-state index in [4.69, 9.17) is 19.6 Å². The van der Waals surface area contributed by atoms with Gasteiger partial charge in [0.1, 0.15) is 5.60 Å². The topological polar surface area (TPSA) is 91.3 Å². The van der Waals surface area contributed by atoms with Gasteiger partial charge in [-0.1, -0.05) is 20.8 Å². The average Bonchev–Trinajstić information content (AvgIpc) is 2.33. The summed E-state index contributed by atoms with van der Waals surface area (Å²) in [6.45, 7) is 15.6. The van der Waals surface area contributed by atoms with Gasteiger partial charge in [0.25, 0.3) is 5.79 Å². The monoisotopic (exact) mass is 318 g/mol. The Labute approximate surface area is 131 Å². The van der Waals surface area contributed by atoms with Crippen LogP contribution in [0.2, 0.25) is 0 Å². The average molecular weight is 318 g/mol. The Bertz CT molecular complexity index is 435. The van der Waals surface area contributed by atoms with Crippen LogP contribution < -0.4 is 0 Å². The van der Waals surface area contributed by atoms with Gasteiger partial charge in [0.15, 0.2) is 0 Å². The van der Waals surface area contributed by atoms with Crippen LogP contribution in [0.1, 0.15) is 54.9 Å². The van der Waals surface area contributed by atoms with Crippen LogP contribution in [-0.4, -0.2) is 28.6 Å². The van der Waals surface area contributed by atoms with E-state index in [0.29, 0.717) is 0 Å². The van der Waals surface area contributed by atoms with Gasteiger partial charge in [-0.05, 0) is 32.3 Å². The summed E-state index contributed by atoms with van der Waals surface area (Å²) in [5.74, 6) is -3.04. The largest absolute Gasteiger partial charge is 0.509 e. The highest BCUT2D eigenvalue weighted by atomic mass is 17.2. The fraction of sp³-hybridized carbons (Fsp3) is 0.733. The van der Waals surface area contributed by atoms with E-state index < -0.39 is 29.3 Å². The molecule has 0 rings (SSSR count). The molecule has 0 unspecified atom stereocenters. The lowest BCUT2D eigenvalue weighted by atomic mass is 9.75. The molecular weight excluding hydrogens is 292 g/mol. The minimum atomic E-state index is -1.66. The molecule has 1 N–H and O–H groups in total. The third-order valence-corrected chi connectivity index (χ3v) is 3.76. The molecule has 0 aromatic heterocycles. The Morgan fingerprint density at radius 2 is 1.55 bits per heavy atom. The zero-order valence-corrected chi connectivity index (χ0v) is 14.3. The Hall–Kier alpha value is -1.76. The van der Waals surface area contributed by atoms with E-state index in [1.54, 1.807) is 0 Å². The van der Waals surface area contributed by atoms with E-state index >= 15 is 0 Å². The SMILES string of the molecule is C=C(OOC(C)(C)C(C)(C)CC)C(=O)OC(C)(C)OC(=O)O. The Morgan fingerprint density at radius 3 is 1.95 bits per heavy atom. The van der Waals surface area contributed by atoms with Gasteiger partial charge in [-0.15, -0.1) is 0 Å². The molecule has 0 aliphatic heterocycles. The lowest BCUT2D eigenvalue weighted by Gasteiger charge is -2.38. The highest BCUT2D eigenvalue weighted by Crippen LogP contribution is 2.37. The number of carbonyl (C=O) groups is 2. The smallest absolute Gasteiger partial charge is 0.450 e. The van der Waals surface area contributed by atoms with Crippen molar-refractivity contribution in [2.75, 3.05) is 0 Å². The molecule has 0 aromatic rings. The first-order chi connectivity index (χ1) is 9.74. The summed E-state index contributed by atoms with van der Waals surface area (Å²) in [7, 11) is 0. The van der Waals surface area contributed by atoms with Gasteiger partial charge in [-0.2, -0.15) is 4.89 Å². The van der Waals surface area contributed by atoms with Crippen LogP contribution in [0.25, 0.3) is 0 Å². The summed E-state index contributed by atoms with van der Waals surface area (Å²) in [4.78, 5) is 32.5. The van der Waals surface area contributed by atoms with Crippen molar-refractivity contribution in [3.63, 3.8) is 0 Å². The fourth-order valence-electron chi connectivity index (χ4n) is 1.24. The number of esters is 1. The van der Waals surface area contributed by atoms with Gasteiger partial charge >= 0.3 is 12.1 Å². The standard InChI is InChI=1S/C15H26O7/c1-9-13(3,4)14(5,6)22-21-10(2)11(16)19-15(7,8)20-12(17)18/h2,9H2,1,3-8H3,(H,17,18).